The number of benzene rings is 1. The van der Waals surface area contributed by atoms with Crippen LogP contribution in [0.1, 0.15) is 23.2 Å². The van der Waals surface area contributed by atoms with Gasteiger partial charge in [-0.2, -0.15) is 0 Å². The van der Waals surface area contributed by atoms with Crippen molar-refractivity contribution in [2.45, 2.75) is 26.2 Å². The minimum Gasteiger partial charge on any atom is -0.496 e. The molecule has 0 radical (unpaired) electrons. The van der Waals surface area contributed by atoms with Crippen molar-refractivity contribution in [3.63, 3.8) is 0 Å². The molecule has 1 aliphatic carbocycles. The van der Waals surface area contributed by atoms with Gasteiger partial charge in [-0.1, -0.05) is 11.6 Å². The third kappa shape index (κ3) is 2.19. The van der Waals surface area contributed by atoms with E-state index in [2.05, 4.69) is 9.97 Å². The number of rotatable bonds is 2. The predicted octanol–water partition coefficient (Wildman–Crippen LogP) is 3.60. The molecule has 1 aliphatic rings. The largest absolute Gasteiger partial charge is 0.496 e. The number of hydrogen-bond donors (Lipinski definition) is 0. The molecule has 0 aliphatic heterocycles. The van der Waals surface area contributed by atoms with Gasteiger partial charge < -0.3 is 4.74 Å². The lowest BCUT2D eigenvalue weighted by molar-refractivity contribution is 0.412. The second-order valence-electron chi connectivity index (χ2n) is 4.80. The smallest absolute Gasteiger partial charge is 0.161 e. The molecule has 98 valence electrons. The average molecular weight is 275 g/mol. The van der Waals surface area contributed by atoms with Gasteiger partial charge in [0, 0.05) is 16.8 Å². The monoisotopic (exact) mass is 274 g/mol. The number of aromatic nitrogens is 2. The molecule has 19 heavy (non-hydrogen) atoms. The van der Waals surface area contributed by atoms with E-state index in [4.69, 9.17) is 16.3 Å². The maximum atomic E-state index is 6.25. The molecule has 1 heterocycles. The fourth-order valence-corrected chi connectivity index (χ4v) is 2.82. The summed E-state index contributed by atoms with van der Waals surface area (Å²) in [6.45, 7) is 2.01. The maximum absolute atomic E-state index is 6.25. The highest BCUT2D eigenvalue weighted by molar-refractivity contribution is 6.30. The number of nitrogens with zero attached hydrogens (tertiary/aromatic N) is 2. The molecule has 0 bridgehead atoms. The topological polar surface area (TPSA) is 35.0 Å². The molecule has 3 nitrogen and oxygen atoms in total. The molecule has 0 amide bonds. The summed E-state index contributed by atoms with van der Waals surface area (Å²) < 4.78 is 5.27. The number of hydrogen-bond acceptors (Lipinski definition) is 3. The molecule has 1 aromatic carbocycles. The van der Waals surface area contributed by atoms with Crippen molar-refractivity contribution in [1.82, 2.24) is 9.97 Å². The van der Waals surface area contributed by atoms with Gasteiger partial charge >= 0.3 is 0 Å². The van der Waals surface area contributed by atoms with Crippen molar-refractivity contribution < 1.29 is 4.74 Å². The predicted molar refractivity (Wildman–Crippen MR) is 75.8 cm³/mol. The van der Waals surface area contributed by atoms with Crippen LogP contribution >= 0.6 is 11.6 Å². The lowest BCUT2D eigenvalue weighted by Crippen LogP contribution is -1.98. The van der Waals surface area contributed by atoms with Gasteiger partial charge in [-0.05, 0) is 49.9 Å². The van der Waals surface area contributed by atoms with Crippen LogP contribution in [0.4, 0.5) is 0 Å². The summed E-state index contributed by atoms with van der Waals surface area (Å²) in [5.74, 6) is 1.58. The second kappa shape index (κ2) is 4.82. The SMILES string of the molecule is COc1ccc(-c2nc(Cl)c3c(n2)CCC3)cc1C. The zero-order valence-corrected chi connectivity index (χ0v) is 11.8. The Labute approximate surface area is 117 Å². The highest BCUT2D eigenvalue weighted by Crippen LogP contribution is 2.30. The van der Waals surface area contributed by atoms with Crippen molar-refractivity contribution in [1.29, 1.82) is 0 Å². The first-order valence-electron chi connectivity index (χ1n) is 6.39. The third-order valence-corrected chi connectivity index (χ3v) is 3.85. The standard InChI is InChI=1S/C15H15ClN2O/c1-9-8-10(6-7-13(9)19-2)15-17-12-5-3-4-11(12)14(16)18-15/h6-8H,3-5H2,1-2H3. The molecule has 0 unspecified atom stereocenters. The van der Waals surface area contributed by atoms with E-state index in [1.807, 2.05) is 25.1 Å². The van der Waals surface area contributed by atoms with Crippen LogP contribution in [0.5, 0.6) is 5.75 Å². The van der Waals surface area contributed by atoms with Crippen molar-refractivity contribution in [3.05, 3.63) is 40.2 Å². The number of aryl methyl sites for hydroxylation is 2. The quantitative estimate of drug-likeness (QED) is 0.785. The van der Waals surface area contributed by atoms with E-state index < -0.39 is 0 Å². The first kappa shape index (κ1) is 12.4. The van der Waals surface area contributed by atoms with E-state index in [1.54, 1.807) is 7.11 Å². The molecular formula is C15H15ClN2O. The van der Waals surface area contributed by atoms with Gasteiger partial charge in [-0.15, -0.1) is 0 Å². The second-order valence-corrected chi connectivity index (χ2v) is 5.16. The van der Waals surface area contributed by atoms with E-state index in [-0.39, 0.29) is 0 Å². The van der Waals surface area contributed by atoms with Gasteiger partial charge in [0.25, 0.3) is 0 Å². The number of methoxy groups -OCH3 is 1. The summed E-state index contributed by atoms with van der Waals surface area (Å²) in [6, 6.07) is 5.94. The Hall–Kier alpha value is -1.61. The van der Waals surface area contributed by atoms with E-state index in [9.17, 15) is 0 Å². The summed E-state index contributed by atoms with van der Waals surface area (Å²) in [4.78, 5) is 9.07. The van der Waals surface area contributed by atoms with Crippen molar-refractivity contribution in [3.8, 4) is 17.1 Å². The van der Waals surface area contributed by atoms with Crippen LogP contribution in [-0.2, 0) is 12.8 Å². The average Bonchev–Trinajstić information content (AvgIpc) is 2.87. The molecule has 0 saturated heterocycles. The summed E-state index contributed by atoms with van der Waals surface area (Å²) >= 11 is 6.25. The molecule has 0 spiro atoms. The molecule has 0 atom stereocenters. The maximum Gasteiger partial charge on any atom is 0.161 e. The molecular weight excluding hydrogens is 260 g/mol. The molecule has 0 N–H and O–H groups in total. The van der Waals surface area contributed by atoms with Crippen molar-refractivity contribution in [2.75, 3.05) is 7.11 Å². The fourth-order valence-electron chi connectivity index (χ4n) is 2.53. The van der Waals surface area contributed by atoms with Crippen LogP contribution < -0.4 is 4.74 Å². The van der Waals surface area contributed by atoms with E-state index >= 15 is 0 Å². The van der Waals surface area contributed by atoms with Crippen LogP contribution in [0, 0.1) is 6.92 Å². The summed E-state index contributed by atoms with van der Waals surface area (Å²) in [7, 11) is 1.67. The first-order chi connectivity index (χ1) is 9.19. The zero-order chi connectivity index (χ0) is 13.4. The molecule has 4 heteroatoms. The molecule has 0 saturated carbocycles. The Morgan fingerprint density at radius 3 is 2.79 bits per heavy atom. The Balaban J connectivity index is 2.07. The van der Waals surface area contributed by atoms with Crippen LogP contribution in [0.3, 0.4) is 0 Å². The Morgan fingerprint density at radius 1 is 1.21 bits per heavy atom. The summed E-state index contributed by atoms with van der Waals surface area (Å²) in [6.07, 6.45) is 3.12. The normalized spacial score (nSPS) is 13.4. The minimum absolute atomic E-state index is 0.603. The lowest BCUT2D eigenvalue weighted by atomic mass is 10.1. The minimum atomic E-state index is 0.603. The van der Waals surface area contributed by atoms with E-state index in [0.29, 0.717) is 11.0 Å². The van der Waals surface area contributed by atoms with Gasteiger partial charge in [0.05, 0.1) is 7.11 Å². The highest BCUT2D eigenvalue weighted by atomic mass is 35.5. The van der Waals surface area contributed by atoms with Crippen molar-refractivity contribution >= 4 is 11.6 Å². The van der Waals surface area contributed by atoms with Crippen LogP contribution in [-0.4, -0.2) is 17.1 Å². The Morgan fingerprint density at radius 2 is 2.05 bits per heavy atom. The van der Waals surface area contributed by atoms with Crippen LogP contribution in [0.15, 0.2) is 18.2 Å². The van der Waals surface area contributed by atoms with Crippen LogP contribution in [0.2, 0.25) is 5.15 Å². The van der Waals surface area contributed by atoms with Crippen LogP contribution in [0.25, 0.3) is 11.4 Å². The van der Waals surface area contributed by atoms with Gasteiger partial charge in [0.1, 0.15) is 10.9 Å². The molecule has 3 rings (SSSR count). The van der Waals surface area contributed by atoms with Crippen molar-refractivity contribution in [2.24, 2.45) is 0 Å². The molecule has 1 aromatic heterocycles. The number of ether oxygens (including phenoxy) is 1. The molecule has 2 aromatic rings. The van der Waals surface area contributed by atoms with E-state index in [0.717, 1.165) is 47.4 Å². The number of fused-ring (bicyclic) bond motifs is 1. The molecule has 0 fully saturated rings. The Bertz CT molecular complexity index is 640. The fraction of sp³-hybridized carbons (Fsp3) is 0.333. The zero-order valence-electron chi connectivity index (χ0n) is 11.0. The summed E-state index contributed by atoms with van der Waals surface area (Å²) in [5.41, 5.74) is 4.27. The summed E-state index contributed by atoms with van der Waals surface area (Å²) in [5, 5.41) is 0.603. The Kier molecular flexibility index (Phi) is 3.15. The highest BCUT2D eigenvalue weighted by Gasteiger charge is 2.18. The van der Waals surface area contributed by atoms with Gasteiger partial charge in [-0.25, -0.2) is 9.97 Å². The third-order valence-electron chi connectivity index (χ3n) is 3.54. The van der Waals surface area contributed by atoms with Gasteiger partial charge in [0.15, 0.2) is 5.82 Å². The van der Waals surface area contributed by atoms with E-state index in [1.165, 1.54) is 0 Å². The number of halogens is 1. The van der Waals surface area contributed by atoms with Gasteiger partial charge in [0.2, 0.25) is 0 Å². The van der Waals surface area contributed by atoms with Gasteiger partial charge in [-0.3, -0.25) is 0 Å². The first-order valence-corrected chi connectivity index (χ1v) is 6.77. The lowest BCUT2D eigenvalue weighted by Gasteiger charge is -2.08.